The van der Waals surface area contributed by atoms with Crippen LogP contribution in [-0.2, 0) is 6.54 Å². The van der Waals surface area contributed by atoms with E-state index < -0.39 is 5.91 Å². The molecule has 5 heteroatoms. The van der Waals surface area contributed by atoms with Gasteiger partial charge in [-0.2, -0.15) is 9.90 Å². The maximum Gasteiger partial charge on any atom is 0.270 e. The molecule has 2 N–H and O–H groups in total. The lowest BCUT2D eigenvalue weighted by Gasteiger charge is -1.87. The first kappa shape index (κ1) is 6.73. The highest BCUT2D eigenvalue weighted by atomic mass is 16.1. The van der Waals surface area contributed by atoms with Gasteiger partial charge in [0.1, 0.15) is 0 Å². The zero-order valence-corrected chi connectivity index (χ0v) is 5.61. The van der Waals surface area contributed by atoms with Crippen molar-refractivity contribution in [3.05, 3.63) is 11.9 Å². The highest BCUT2D eigenvalue weighted by molar-refractivity contribution is 5.90. The van der Waals surface area contributed by atoms with Gasteiger partial charge in [0.2, 0.25) is 0 Å². The molecule has 0 radical (unpaired) electrons. The third kappa shape index (κ3) is 1.12. The molecule has 1 aromatic rings. The van der Waals surface area contributed by atoms with Crippen molar-refractivity contribution in [1.82, 2.24) is 15.0 Å². The molecule has 0 saturated heterocycles. The van der Waals surface area contributed by atoms with Crippen LogP contribution in [0.15, 0.2) is 6.20 Å². The molecule has 0 atom stereocenters. The number of carbonyl (C=O) groups excluding carboxylic acids is 1. The second-order valence-electron chi connectivity index (χ2n) is 1.78. The van der Waals surface area contributed by atoms with E-state index in [9.17, 15) is 4.79 Å². The van der Waals surface area contributed by atoms with Gasteiger partial charge in [-0.15, -0.1) is 5.10 Å². The molecule has 1 amide bonds. The smallest absolute Gasteiger partial charge is 0.270 e. The Bertz CT molecular complexity index is 242. The lowest BCUT2D eigenvalue weighted by atomic mass is 10.5. The van der Waals surface area contributed by atoms with Crippen LogP contribution in [0.4, 0.5) is 0 Å². The van der Waals surface area contributed by atoms with Gasteiger partial charge in [-0.05, 0) is 6.92 Å². The van der Waals surface area contributed by atoms with Crippen molar-refractivity contribution in [2.24, 2.45) is 5.73 Å². The van der Waals surface area contributed by atoms with Crippen LogP contribution in [0.5, 0.6) is 0 Å². The third-order valence-electron chi connectivity index (χ3n) is 1.07. The molecular weight excluding hydrogens is 132 g/mol. The minimum Gasteiger partial charge on any atom is -0.364 e. The van der Waals surface area contributed by atoms with Crippen LogP contribution in [0.1, 0.15) is 17.4 Å². The Balaban J connectivity index is 2.88. The molecule has 0 saturated carbocycles. The SMILES string of the molecule is CCn1ncc(C(N)=O)n1. The van der Waals surface area contributed by atoms with E-state index in [1.807, 2.05) is 6.92 Å². The predicted molar refractivity (Wildman–Crippen MR) is 34.2 cm³/mol. The number of rotatable bonds is 2. The summed E-state index contributed by atoms with van der Waals surface area (Å²) >= 11 is 0. The van der Waals surface area contributed by atoms with Crippen LogP contribution in [0, 0.1) is 0 Å². The number of amides is 1. The minimum absolute atomic E-state index is 0.210. The number of carbonyl (C=O) groups is 1. The highest BCUT2D eigenvalue weighted by Gasteiger charge is 2.03. The summed E-state index contributed by atoms with van der Waals surface area (Å²) in [6.45, 7) is 2.53. The van der Waals surface area contributed by atoms with Gasteiger partial charge in [0.05, 0.1) is 12.7 Å². The van der Waals surface area contributed by atoms with Crippen LogP contribution >= 0.6 is 0 Å². The zero-order chi connectivity index (χ0) is 7.56. The summed E-state index contributed by atoms with van der Waals surface area (Å²) in [7, 11) is 0. The first-order valence-corrected chi connectivity index (χ1v) is 2.94. The van der Waals surface area contributed by atoms with Crippen molar-refractivity contribution in [1.29, 1.82) is 0 Å². The molecule has 1 rings (SSSR count). The Kier molecular flexibility index (Phi) is 1.66. The Morgan fingerprint density at radius 3 is 2.90 bits per heavy atom. The third-order valence-corrected chi connectivity index (χ3v) is 1.07. The lowest BCUT2D eigenvalue weighted by Crippen LogP contribution is -2.12. The van der Waals surface area contributed by atoms with Crippen LogP contribution in [0.2, 0.25) is 0 Å². The summed E-state index contributed by atoms with van der Waals surface area (Å²) in [4.78, 5) is 11.8. The van der Waals surface area contributed by atoms with E-state index in [1.54, 1.807) is 0 Å². The summed E-state index contributed by atoms with van der Waals surface area (Å²) in [6.07, 6.45) is 1.35. The Morgan fingerprint density at radius 2 is 2.60 bits per heavy atom. The molecule has 1 aromatic heterocycles. The van der Waals surface area contributed by atoms with Gasteiger partial charge in [0.25, 0.3) is 5.91 Å². The maximum absolute atomic E-state index is 10.4. The fraction of sp³-hybridized carbons (Fsp3) is 0.400. The standard InChI is InChI=1S/C5H8N4O/c1-2-9-7-3-4(8-9)5(6)10/h3H,2H2,1H3,(H2,6,10). The van der Waals surface area contributed by atoms with Crippen molar-refractivity contribution in [3.8, 4) is 0 Å². The Morgan fingerprint density at radius 1 is 1.90 bits per heavy atom. The second-order valence-corrected chi connectivity index (χ2v) is 1.78. The fourth-order valence-electron chi connectivity index (χ4n) is 0.563. The average molecular weight is 140 g/mol. The van der Waals surface area contributed by atoms with Crippen molar-refractivity contribution < 1.29 is 4.79 Å². The van der Waals surface area contributed by atoms with Gasteiger partial charge in [0.15, 0.2) is 5.69 Å². The van der Waals surface area contributed by atoms with Gasteiger partial charge in [-0.3, -0.25) is 4.79 Å². The number of aryl methyl sites for hydroxylation is 1. The largest absolute Gasteiger partial charge is 0.364 e. The molecular formula is C5H8N4O. The summed E-state index contributed by atoms with van der Waals surface area (Å²) in [5.41, 5.74) is 5.14. The van der Waals surface area contributed by atoms with Crippen molar-refractivity contribution >= 4 is 5.91 Å². The fourth-order valence-corrected chi connectivity index (χ4v) is 0.563. The molecule has 10 heavy (non-hydrogen) atoms. The molecule has 1 heterocycles. The molecule has 0 bridgehead atoms. The molecule has 0 fully saturated rings. The quantitative estimate of drug-likeness (QED) is 0.595. The maximum atomic E-state index is 10.4. The first-order valence-electron chi connectivity index (χ1n) is 2.94. The van der Waals surface area contributed by atoms with Crippen molar-refractivity contribution in [2.45, 2.75) is 13.5 Å². The van der Waals surface area contributed by atoms with Crippen LogP contribution in [0.25, 0.3) is 0 Å². The number of nitrogens with zero attached hydrogens (tertiary/aromatic N) is 3. The van der Waals surface area contributed by atoms with E-state index in [1.165, 1.54) is 11.0 Å². The second kappa shape index (κ2) is 2.47. The molecule has 0 aliphatic heterocycles. The molecule has 0 aliphatic carbocycles. The Labute approximate surface area is 57.8 Å². The number of nitrogens with two attached hydrogens (primary N) is 1. The molecule has 54 valence electrons. The monoisotopic (exact) mass is 140 g/mol. The molecule has 0 unspecified atom stereocenters. The normalized spacial score (nSPS) is 9.70. The van der Waals surface area contributed by atoms with E-state index in [0.717, 1.165) is 0 Å². The molecule has 0 aromatic carbocycles. The van der Waals surface area contributed by atoms with Crippen LogP contribution < -0.4 is 5.73 Å². The molecule has 0 aliphatic rings. The molecule has 5 nitrogen and oxygen atoms in total. The zero-order valence-electron chi connectivity index (χ0n) is 5.61. The Hall–Kier alpha value is -1.39. The number of hydrogen-bond acceptors (Lipinski definition) is 3. The summed E-state index contributed by atoms with van der Waals surface area (Å²) in [6, 6.07) is 0. The van der Waals surface area contributed by atoms with E-state index in [-0.39, 0.29) is 5.69 Å². The number of aromatic nitrogens is 3. The predicted octanol–water partition coefficient (Wildman–Crippen LogP) is -0.603. The summed E-state index contributed by atoms with van der Waals surface area (Å²) in [5.74, 6) is -0.542. The topological polar surface area (TPSA) is 73.8 Å². The van der Waals surface area contributed by atoms with Gasteiger partial charge in [-0.25, -0.2) is 0 Å². The first-order chi connectivity index (χ1) is 4.74. The van der Waals surface area contributed by atoms with Crippen molar-refractivity contribution in [2.75, 3.05) is 0 Å². The average Bonchev–Trinajstić information content (AvgIpc) is 2.34. The number of primary amides is 1. The highest BCUT2D eigenvalue weighted by Crippen LogP contribution is 1.88. The van der Waals surface area contributed by atoms with Gasteiger partial charge in [-0.1, -0.05) is 0 Å². The van der Waals surface area contributed by atoms with E-state index >= 15 is 0 Å². The van der Waals surface area contributed by atoms with E-state index in [4.69, 9.17) is 5.73 Å². The van der Waals surface area contributed by atoms with E-state index in [0.29, 0.717) is 6.54 Å². The number of hydrogen-bond donors (Lipinski definition) is 1. The minimum atomic E-state index is -0.542. The summed E-state index contributed by atoms with van der Waals surface area (Å²) < 4.78 is 0. The van der Waals surface area contributed by atoms with E-state index in [2.05, 4.69) is 10.2 Å². The van der Waals surface area contributed by atoms with Crippen LogP contribution in [0.3, 0.4) is 0 Å². The van der Waals surface area contributed by atoms with Crippen LogP contribution in [-0.4, -0.2) is 20.9 Å². The lowest BCUT2D eigenvalue weighted by molar-refractivity contribution is 0.0995. The van der Waals surface area contributed by atoms with Gasteiger partial charge in [0, 0.05) is 0 Å². The summed E-state index contributed by atoms with van der Waals surface area (Å²) in [5, 5.41) is 7.52. The van der Waals surface area contributed by atoms with Crippen molar-refractivity contribution in [3.63, 3.8) is 0 Å². The van der Waals surface area contributed by atoms with Gasteiger partial charge < -0.3 is 5.73 Å². The van der Waals surface area contributed by atoms with Gasteiger partial charge >= 0.3 is 0 Å². The molecule has 0 spiro atoms.